The summed E-state index contributed by atoms with van der Waals surface area (Å²) in [7, 11) is 3.38. The Hall–Kier alpha value is -2.11. The van der Waals surface area contributed by atoms with Gasteiger partial charge in [0, 0.05) is 43.7 Å². The minimum atomic E-state index is 0.124. The summed E-state index contributed by atoms with van der Waals surface area (Å²) in [6.45, 7) is 4.10. The van der Waals surface area contributed by atoms with Gasteiger partial charge >= 0.3 is 0 Å². The first-order chi connectivity index (χ1) is 11.8. The van der Waals surface area contributed by atoms with Crippen LogP contribution < -0.4 is 14.8 Å². The van der Waals surface area contributed by atoms with Gasteiger partial charge in [-0.3, -0.25) is 9.88 Å². The number of benzene rings is 1. The Labute approximate surface area is 143 Å². The van der Waals surface area contributed by atoms with Gasteiger partial charge in [-0.1, -0.05) is 6.07 Å². The van der Waals surface area contributed by atoms with E-state index in [9.17, 15) is 0 Å². The monoisotopic (exact) mass is 327 g/mol. The third-order valence-electron chi connectivity index (χ3n) is 4.48. The molecule has 0 bridgehead atoms. The molecule has 1 fully saturated rings. The van der Waals surface area contributed by atoms with Crippen molar-refractivity contribution in [3.05, 3.63) is 53.9 Å². The van der Waals surface area contributed by atoms with E-state index in [1.165, 1.54) is 5.56 Å². The number of nitrogens with one attached hydrogen (secondary N) is 1. The van der Waals surface area contributed by atoms with E-state index in [-0.39, 0.29) is 6.04 Å². The van der Waals surface area contributed by atoms with Gasteiger partial charge in [0.25, 0.3) is 0 Å². The fourth-order valence-corrected chi connectivity index (χ4v) is 3.29. The zero-order valence-electron chi connectivity index (χ0n) is 14.4. The molecular weight excluding hydrogens is 302 g/mol. The van der Waals surface area contributed by atoms with Crippen LogP contribution in [0.4, 0.5) is 0 Å². The molecule has 1 N–H and O–H groups in total. The molecule has 5 heteroatoms. The SMILES string of the molecule is COc1ccc(C(c2cccnc2)N2CCCNCC2)c(OC)c1. The maximum absolute atomic E-state index is 5.67. The summed E-state index contributed by atoms with van der Waals surface area (Å²) in [4.78, 5) is 6.83. The standard InChI is InChI=1S/C19H25N3O2/c1-23-16-6-7-17(18(13-16)24-2)19(15-5-3-8-21-14-15)22-11-4-9-20-10-12-22/h3,5-8,13-14,19-20H,4,9-12H2,1-2H3. The minimum absolute atomic E-state index is 0.124. The number of pyridine rings is 1. The molecule has 1 unspecified atom stereocenters. The maximum atomic E-state index is 5.67. The number of rotatable bonds is 5. The molecule has 1 aromatic carbocycles. The topological polar surface area (TPSA) is 46.6 Å². The number of nitrogens with zero attached hydrogens (tertiary/aromatic N) is 2. The summed E-state index contributed by atoms with van der Waals surface area (Å²) in [5.74, 6) is 1.65. The average molecular weight is 327 g/mol. The number of hydrogen-bond donors (Lipinski definition) is 1. The number of methoxy groups -OCH3 is 2. The van der Waals surface area contributed by atoms with Gasteiger partial charge in [0.1, 0.15) is 11.5 Å². The highest BCUT2D eigenvalue weighted by Crippen LogP contribution is 2.36. The second-order valence-electron chi connectivity index (χ2n) is 5.94. The molecule has 2 heterocycles. The molecule has 3 rings (SSSR count). The molecule has 1 aromatic heterocycles. The third-order valence-corrected chi connectivity index (χ3v) is 4.48. The van der Waals surface area contributed by atoms with Crippen molar-refractivity contribution in [3.8, 4) is 11.5 Å². The van der Waals surface area contributed by atoms with E-state index in [1.54, 1.807) is 14.2 Å². The second-order valence-corrected chi connectivity index (χ2v) is 5.94. The van der Waals surface area contributed by atoms with E-state index in [4.69, 9.17) is 9.47 Å². The van der Waals surface area contributed by atoms with Crippen molar-refractivity contribution in [2.75, 3.05) is 40.4 Å². The van der Waals surface area contributed by atoms with E-state index in [0.717, 1.165) is 49.7 Å². The van der Waals surface area contributed by atoms with Gasteiger partial charge in [0.2, 0.25) is 0 Å². The molecule has 1 aliphatic rings. The van der Waals surface area contributed by atoms with Crippen LogP contribution in [-0.4, -0.2) is 50.3 Å². The van der Waals surface area contributed by atoms with Gasteiger partial charge in [0.15, 0.2) is 0 Å². The zero-order valence-corrected chi connectivity index (χ0v) is 14.4. The van der Waals surface area contributed by atoms with E-state index < -0.39 is 0 Å². The minimum Gasteiger partial charge on any atom is -0.497 e. The van der Waals surface area contributed by atoms with Crippen LogP contribution in [0.2, 0.25) is 0 Å². The molecular formula is C19H25N3O2. The summed E-state index contributed by atoms with van der Waals surface area (Å²) in [5, 5.41) is 3.47. The quantitative estimate of drug-likeness (QED) is 0.914. The first kappa shape index (κ1) is 16.7. The lowest BCUT2D eigenvalue weighted by Crippen LogP contribution is -2.33. The molecule has 0 saturated carbocycles. The van der Waals surface area contributed by atoms with Gasteiger partial charge in [-0.05, 0) is 36.7 Å². The van der Waals surface area contributed by atoms with Crippen molar-refractivity contribution in [3.63, 3.8) is 0 Å². The van der Waals surface area contributed by atoms with Gasteiger partial charge in [-0.15, -0.1) is 0 Å². The molecule has 0 amide bonds. The highest BCUT2D eigenvalue weighted by molar-refractivity contribution is 5.45. The van der Waals surface area contributed by atoms with Gasteiger partial charge in [0.05, 0.1) is 20.3 Å². The van der Waals surface area contributed by atoms with Crippen molar-refractivity contribution < 1.29 is 9.47 Å². The van der Waals surface area contributed by atoms with Crippen LogP contribution >= 0.6 is 0 Å². The molecule has 24 heavy (non-hydrogen) atoms. The molecule has 0 spiro atoms. The van der Waals surface area contributed by atoms with E-state index in [0.29, 0.717) is 0 Å². The Morgan fingerprint density at radius 2 is 2.04 bits per heavy atom. The molecule has 1 saturated heterocycles. The lowest BCUT2D eigenvalue weighted by atomic mass is 9.97. The van der Waals surface area contributed by atoms with E-state index in [1.807, 2.05) is 30.6 Å². The smallest absolute Gasteiger partial charge is 0.127 e. The van der Waals surface area contributed by atoms with Crippen molar-refractivity contribution in [2.24, 2.45) is 0 Å². The largest absolute Gasteiger partial charge is 0.497 e. The van der Waals surface area contributed by atoms with E-state index >= 15 is 0 Å². The molecule has 1 aliphatic heterocycles. The van der Waals surface area contributed by atoms with Gasteiger partial charge in [-0.2, -0.15) is 0 Å². The zero-order chi connectivity index (χ0) is 16.8. The Balaban J connectivity index is 2.04. The van der Waals surface area contributed by atoms with Crippen molar-refractivity contribution in [2.45, 2.75) is 12.5 Å². The fraction of sp³-hybridized carbons (Fsp3) is 0.421. The van der Waals surface area contributed by atoms with Crippen LogP contribution in [0.25, 0.3) is 0 Å². The first-order valence-corrected chi connectivity index (χ1v) is 8.40. The summed E-state index contributed by atoms with van der Waals surface area (Å²) in [5.41, 5.74) is 2.33. The van der Waals surface area contributed by atoms with Crippen LogP contribution in [0.1, 0.15) is 23.6 Å². The highest BCUT2D eigenvalue weighted by atomic mass is 16.5. The van der Waals surface area contributed by atoms with E-state index in [2.05, 4.69) is 27.3 Å². The third kappa shape index (κ3) is 3.68. The van der Waals surface area contributed by atoms with Crippen molar-refractivity contribution >= 4 is 0 Å². The number of hydrogen-bond acceptors (Lipinski definition) is 5. The normalized spacial score (nSPS) is 17.1. The summed E-state index contributed by atoms with van der Waals surface area (Å²) in [6, 6.07) is 10.3. The van der Waals surface area contributed by atoms with Crippen molar-refractivity contribution in [1.29, 1.82) is 0 Å². The van der Waals surface area contributed by atoms with Crippen LogP contribution in [0.15, 0.2) is 42.7 Å². The molecule has 2 aromatic rings. The number of aromatic nitrogens is 1. The summed E-state index contributed by atoms with van der Waals surface area (Å²) < 4.78 is 11.0. The Kier molecular flexibility index (Phi) is 5.67. The summed E-state index contributed by atoms with van der Waals surface area (Å²) >= 11 is 0. The predicted octanol–water partition coefficient (Wildman–Crippen LogP) is 2.48. The molecule has 0 aliphatic carbocycles. The Bertz CT molecular complexity index is 640. The van der Waals surface area contributed by atoms with Crippen LogP contribution in [0.3, 0.4) is 0 Å². The maximum Gasteiger partial charge on any atom is 0.127 e. The molecule has 5 nitrogen and oxygen atoms in total. The predicted molar refractivity (Wildman–Crippen MR) is 94.7 cm³/mol. The van der Waals surface area contributed by atoms with Crippen LogP contribution in [0.5, 0.6) is 11.5 Å². The average Bonchev–Trinajstić information content (AvgIpc) is 2.92. The highest BCUT2D eigenvalue weighted by Gasteiger charge is 2.26. The molecule has 0 radical (unpaired) electrons. The second kappa shape index (κ2) is 8.13. The lowest BCUT2D eigenvalue weighted by Gasteiger charge is -2.32. The van der Waals surface area contributed by atoms with Crippen LogP contribution in [-0.2, 0) is 0 Å². The molecule has 128 valence electrons. The van der Waals surface area contributed by atoms with Crippen molar-refractivity contribution in [1.82, 2.24) is 15.2 Å². The Morgan fingerprint density at radius 3 is 2.79 bits per heavy atom. The van der Waals surface area contributed by atoms with Crippen LogP contribution in [0, 0.1) is 0 Å². The fourth-order valence-electron chi connectivity index (χ4n) is 3.29. The van der Waals surface area contributed by atoms with Gasteiger partial charge < -0.3 is 14.8 Å². The lowest BCUT2D eigenvalue weighted by molar-refractivity contribution is 0.235. The Morgan fingerprint density at radius 1 is 1.12 bits per heavy atom. The first-order valence-electron chi connectivity index (χ1n) is 8.40. The van der Waals surface area contributed by atoms with Gasteiger partial charge in [-0.25, -0.2) is 0 Å². The summed E-state index contributed by atoms with van der Waals surface area (Å²) in [6.07, 6.45) is 4.90. The number of ether oxygens (including phenoxy) is 2. The molecule has 1 atom stereocenters.